The summed E-state index contributed by atoms with van der Waals surface area (Å²) in [5, 5.41) is 7.60. The zero-order valence-electron chi connectivity index (χ0n) is 14.9. The average molecular weight is 333 g/mol. The molecule has 3 rings (SSSR count). The van der Waals surface area contributed by atoms with Gasteiger partial charge in [-0.1, -0.05) is 48.0 Å². The van der Waals surface area contributed by atoms with Crippen molar-refractivity contribution in [2.45, 2.75) is 33.7 Å². The molecule has 0 aliphatic rings. The van der Waals surface area contributed by atoms with Crippen molar-refractivity contribution >= 4 is 5.91 Å². The molecule has 0 atom stereocenters. The van der Waals surface area contributed by atoms with Crippen molar-refractivity contribution in [1.29, 1.82) is 0 Å². The Bertz CT molecular complexity index is 881. The highest BCUT2D eigenvalue weighted by molar-refractivity contribution is 5.79. The quantitative estimate of drug-likeness (QED) is 0.774. The number of amides is 1. The van der Waals surface area contributed by atoms with Crippen molar-refractivity contribution in [2.75, 3.05) is 0 Å². The molecule has 3 aromatic rings. The summed E-state index contributed by atoms with van der Waals surface area (Å²) < 4.78 is 1.90. The van der Waals surface area contributed by atoms with Gasteiger partial charge in [-0.3, -0.25) is 4.79 Å². The number of hydrogen-bond donors (Lipinski definition) is 1. The van der Waals surface area contributed by atoms with E-state index >= 15 is 0 Å². The van der Waals surface area contributed by atoms with Gasteiger partial charge >= 0.3 is 0 Å². The van der Waals surface area contributed by atoms with Crippen LogP contribution in [0.25, 0.3) is 5.69 Å². The van der Waals surface area contributed by atoms with Crippen LogP contribution in [0.1, 0.15) is 28.1 Å². The Hall–Kier alpha value is -2.88. The van der Waals surface area contributed by atoms with E-state index in [9.17, 15) is 4.79 Å². The van der Waals surface area contributed by atoms with Crippen molar-refractivity contribution < 1.29 is 4.79 Å². The molecule has 4 nitrogen and oxygen atoms in total. The Kier molecular flexibility index (Phi) is 4.98. The maximum atomic E-state index is 12.4. The molecule has 0 aliphatic carbocycles. The minimum absolute atomic E-state index is 0.0142. The van der Waals surface area contributed by atoms with Gasteiger partial charge in [0.25, 0.3) is 0 Å². The lowest BCUT2D eigenvalue weighted by Gasteiger charge is -2.07. The molecule has 0 saturated carbocycles. The topological polar surface area (TPSA) is 46.9 Å². The molecule has 1 N–H and O–H groups in total. The predicted octanol–water partition coefficient (Wildman–Crippen LogP) is 3.66. The number of aryl methyl sites for hydroxylation is 2. The number of carbonyl (C=O) groups excluding carboxylic acids is 1. The van der Waals surface area contributed by atoms with E-state index in [0.717, 1.165) is 28.2 Å². The molecule has 1 aromatic heterocycles. The van der Waals surface area contributed by atoms with Crippen molar-refractivity contribution in [3.8, 4) is 5.69 Å². The Balaban J connectivity index is 1.70. The first kappa shape index (κ1) is 17.0. The molecule has 0 bridgehead atoms. The van der Waals surface area contributed by atoms with E-state index in [1.165, 1.54) is 5.56 Å². The summed E-state index contributed by atoms with van der Waals surface area (Å²) in [6.45, 7) is 6.56. The van der Waals surface area contributed by atoms with Gasteiger partial charge in [-0.2, -0.15) is 5.10 Å². The monoisotopic (exact) mass is 333 g/mol. The fourth-order valence-electron chi connectivity index (χ4n) is 3.00. The smallest absolute Gasteiger partial charge is 0.224 e. The molecule has 0 radical (unpaired) electrons. The first-order valence-corrected chi connectivity index (χ1v) is 8.47. The second-order valence-corrected chi connectivity index (χ2v) is 6.34. The largest absolute Gasteiger partial charge is 0.352 e. The zero-order chi connectivity index (χ0) is 17.8. The number of rotatable bonds is 5. The molecule has 1 heterocycles. The van der Waals surface area contributed by atoms with Gasteiger partial charge in [0.05, 0.1) is 17.8 Å². The van der Waals surface area contributed by atoms with Gasteiger partial charge in [0.2, 0.25) is 5.91 Å². The van der Waals surface area contributed by atoms with Crippen molar-refractivity contribution in [3.63, 3.8) is 0 Å². The van der Waals surface area contributed by atoms with E-state index in [0.29, 0.717) is 13.0 Å². The second-order valence-electron chi connectivity index (χ2n) is 6.34. The highest BCUT2D eigenvalue weighted by Crippen LogP contribution is 2.18. The molecule has 4 heteroatoms. The number of hydrogen-bond acceptors (Lipinski definition) is 2. The standard InChI is InChI=1S/C21H23N3O/c1-15-8-7-9-18(12-15)14-22-21(25)13-20-16(2)23-24(17(20)3)19-10-5-4-6-11-19/h4-12H,13-14H2,1-3H3,(H,22,25). The average Bonchev–Trinajstić information content (AvgIpc) is 2.89. The van der Waals surface area contributed by atoms with Crippen LogP contribution in [-0.4, -0.2) is 15.7 Å². The van der Waals surface area contributed by atoms with Crippen LogP contribution in [0.5, 0.6) is 0 Å². The SMILES string of the molecule is Cc1cccc(CNC(=O)Cc2c(C)nn(-c3ccccc3)c2C)c1. The van der Waals surface area contributed by atoms with Gasteiger partial charge in [0.15, 0.2) is 0 Å². The molecule has 0 unspecified atom stereocenters. The zero-order valence-corrected chi connectivity index (χ0v) is 14.9. The van der Waals surface area contributed by atoms with E-state index in [-0.39, 0.29) is 5.91 Å². The van der Waals surface area contributed by atoms with Crippen LogP contribution >= 0.6 is 0 Å². The normalized spacial score (nSPS) is 10.7. The van der Waals surface area contributed by atoms with Crippen molar-refractivity contribution in [2.24, 2.45) is 0 Å². The molecule has 0 fully saturated rings. The van der Waals surface area contributed by atoms with Crippen LogP contribution in [0, 0.1) is 20.8 Å². The van der Waals surface area contributed by atoms with Gasteiger partial charge in [-0.15, -0.1) is 0 Å². The third-order valence-electron chi connectivity index (χ3n) is 4.35. The van der Waals surface area contributed by atoms with Crippen LogP contribution in [0.15, 0.2) is 54.6 Å². The molecule has 0 saturated heterocycles. The van der Waals surface area contributed by atoms with E-state index < -0.39 is 0 Å². The van der Waals surface area contributed by atoms with E-state index in [1.54, 1.807) is 0 Å². The van der Waals surface area contributed by atoms with Gasteiger partial charge in [-0.05, 0) is 38.5 Å². The molecular formula is C21H23N3O. The number of benzene rings is 2. The highest BCUT2D eigenvalue weighted by atomic mass is 16.1. The third kappa shape index (κ3) is 3.97. The number of nitrogens with one attached hydrogen (secondary N) is 1. The third-order valence-corrected chi connectivity index (χ3v) is 4.35. The first-order chi connectivity index (χ1) is 12.0. The number of nitrogens with zero attached hydrogens (tertiary/aromatic N) is 2. The van der Waals surface area contributed by atoms with Gasteiger partial charge in [-0.25, -0.2) is 4.68 Å². The summed E-state index contributed by atoms with van der Waals surface area (Å²) >= 11 is 0. The van der Waals surface area contributed by atoms with Crippen LogP contribution in [0.3, 0.4) is 0 Å². The lowest BCUT2D eigenvalue weighted by atomic mass is 10.1. The lowest BCUT2D eigenvalue weighted by molar-refractivity contribution is -0.120. The highest BCUT2D eigenvalue weighted by Gasteiger charge is 2.15. The van der Waals surface area contributed by atoms with Gasteiger partial charge in [0.1, 0.15) is 0 Å². The fraction of sp³-hybridized carbons (Fsp3) is 0.238. The minimum atomic E-state index is 0.0142. The van der Waals surface area contributed by atoms with Crippen LogP contribution < -0.4 is 5.32 Å². The van der Waals surface area contributed by atoms with Crippen molar-refractivity contribution in [3.05, 3.63) is 82.7 Å². The molecule has 1 amide bonds. The molecular weight excluding hydrogens is 310 g/mol. The number of para-hydroxylation sites is 1. The molecule has 25 heavy (non-hydrogen) atoms. The summed E-state index contributed by atoms with van der Waals surface area (Å²) in [5.74, 6) is 0.0142. The predicted molar refractivity (Wildman–Crippen MR) is 99.8 cm³/mol. The molecule has 0 spiro atoms. The van der Waals surface area contributed by atoms with Crippen LogP contribution in [0.4, 0.5) is 0 Å². The summed E-state index contributed by atoms with van der Waals surface area (Å²) in [4.78, 5) is 12.4. The Morgan fingerprint density at radius 3 is 2.52 bits per heavy atom. The Morgan fingerprint density at radius 2 is 1.80 bits per heavy atom. The fourth-order valence-corrected chi connectivity index (χ4v) is 3.00. The Labute approximate surface area is 148 Å². The van der Waals surface area contributed by atoms with Gasteiger partial charge < -0.3 is 5.32 Å². The summed E-state index contributed by atoms with van der Waals surface area (Å²) in [6.07, 6.45) is 0.344. The van der Waals surface area contributed by atoms with Crippen LogP contribution in [0.2, 0.25) is 0 Å². The lowest BCUT2D eigenvalue weighted by Crippen LogP contribution is -2.25. The first-order valence-electron chi connectivity index (χ1n) is 8.47. The number of carbonyl (C=O) groups is 1. The van der Waals surface area contributed by atoms with Crippen molar-refractivity contribution in [1.82, 2.24) is 15.1 Å². The summed E-state index contributed by atoms with van der Waals surface area (Å²) in [6, 6.07) is 18.2. The second kappa shape index (κ2) is 7.34. The van der Waals surface area contributed by atoms with E-state index in [1.807, 2.05) is 61.0 Å². The Morgan fingerprint density at radius 1 is 1.04 bits per heavy atom. The molecule has 128 valence electrons. The van der Waals surface area contributed by atoms with Gasteiger partial charge in [0, 0.05) is 17.8 Å². The maximum absolute atomic E-state index is 12.4. The summed E-state index contributed by atoms with van der Waals surface area (Å²) in [7, 11) is 0. The van der Waals surface area contributed by atoms with Crippen LogP contribution in [-0.2, 0) is 17.8 Å². The van der Waals surface area contributed by atoms with E-state index in [4.69, 9.17) is 0 Å². The molecule has 2 aromatic carbocycles. The maximum Gasteiger partial charge on any atom is 0.224 e. The minimum Gasteiger partial charge on any atom is -0.352 e. The summed E-state index contributed by atoms with van der Waals surface area (Å²) in [5.41, 5.74) is 6.21. The van der Waals surface area contributed by atoms with E-state index in [2.05, 4.69) is 29.5 Å². The number of aromatic nitrogens is 2. The molecule has 0 aliphatic heterocycles.